The second-order valence-corrected chi connectivity index (χ2v) is 10.9. The number of anilines is 2. The molecule has 2 amide bonds. The van der Waals surface area contributed by atoms with Gasteiger partial charge in [-0.15, -0.1) is 0 Å². The first kappa shape index (κ1) is 26.4. The lowest BCUT2D eigenvalue weighted by Crippen LogP contribution is -2.47. The number of amides is 2. The van der Waals surface area contributed by atoms with E-state index >= 15 is 0 Å². The third kappa shape index (κ3) is 6.08. The first-order valence-corrected chi connectivity index (χ1v) is 14.6. The standard InChI is InChI=1S/C31H41N5O2/c1-2-21-36-26-16-8-7-15-25(26)28(22-11-4-3-5-12-22)35-30(31(36)38)34-27(37)17-9-6-14-24-19-18-23-13-10-20-32-29(23)33-24/h7-8,15-16,18-19,22,30H,2-6,9-14,17,20-21H2,1H3,(H,32,33)(H,34,37). The Kier molecular flexibility index (Phi) is 8.72. The van der Waals surface area contributed by atoms with E-state index < -0.39 is 6.17 Å². The van der Waals surface area contributed by atoms with Gasteiger partial charge in [-0.2, -0.15) is 0 Å². The largest absolute Gasteiger partial charge is 0.370 e. The number of aromatic nitrogens is 1. The molecule has 0 radical (unpaired) electrons. The molecule has 0 saturated heterocycles. The molecule has 2 aromatic rings. The molecule has 1 aromatic heterocycles. The molecule has 1 unspecified atom stereocenters. The third-order valence-corrected chi connectivity index (χ3v) is 8.01. The lowest BCUT2D eigenvalue weighted by molar-refractivity contribution is -0.127. The maximum atomic E-state index is 13.7. The van der Waals surface area contributed by atoms with Crippen LogP contribution < -0.4 is 15.5 Å². The molecule has 2 aliphatic heterocycles. The summed E-state index contributed by atoms with van der Waals surface area (Å²) in [5.74, 6) is 1.10. The maximum absolute atomic E-state index is 13.7. The lowest BCUT2D eigenvalue weighted by atomic mass is 9.83. The number of hydrogen-bond donors (Lipinski definition) is 2. The molecule has 1 aliphatic carbocycles. The number of pyridine rings is 1. The highest BCUT2D eigenvalue weighted by atomic mass is 16.2. The Labute approximate surface area is 226 Å². The molecule has 3 aliphatic rings. The topological polar surface area (TPSA) is 86.7 Å². The second-order valence-electron chi connectivity index (χ2n) is 10.9. The number of hydrogen-bond acceptors (Lipinski definition) is 5. The second kappa shape index (κ2) is 12.5. The van der Waals surface area contributed by atoms with Crippen LogP contribution in [-0.4, -0.2) is 41.8 Å². The van der Waals surface area contributed by atoms with Gasteiger partial charge in [0.1, 0.15) is 5.82 Å². The number of rotatable bonds is 9. The minimum absolute atomic E-state index is 0.113. The van der Waals surface area contributed by atoms with E-state index in [1.165, 1.54) is 24.8 Å². The molecule has 0 bridgehead atoms. The minimum Gasteiger partial charge on any atom is -0.370 e. The van der Waals surface area contributed by atoms with Crippen LogP contribution in [0.1, 0.15) is 88.0 Å². The molecule has 202 valence electrons. The molecule has 7 heteroatoms. The van der Waals surface area contributed by atoms with Crippen LogP contribution >= 0.6 is 0 Å². The SMILES string of the molecule is CCCN1C(=O)C(NC(=O)CCCCc2ccc3c(n2)NCCC3)N=C(C2CCCCC2)c2ccccc21. The smallest absolute Gasteiger partial charge is 0.272 e. The summed E-state index contributed by atoms with van der Waals surface area (Å²) in [6.45, 7) is 3.66. The number of fused-ring (bicyclic) bond motifs is 2. The average Bonchev–Trinajstić information content (AvgIpc) is 3.07. The number of carbonyl (C=O) groups is 2. The minimum atomic E-state index is -0.869. The van der Waals surface area contributed by atoms with E-state index in [1.807, 2.05) is 23.1 Å². The normalized spacial score (nSPS) is 19.6. The Hall–Kier alpha value is -3.22. The number of aryl methyl sites for hydroxylation is 2. The van der Waals surface area contributed by atoms with Crippen molar-refractivity contribution >= 4 is 29.0 Å². The van der Waals surface area contributed by atoms with Gasteiger partial charge in [0.25, 0.3) is 5.91 Å². The van der Waals surface area contributed by atoms with Crippen molar-refractivity contribution in [2.45, 2.75) is 90.1 Å². The van der Waals surface area contributed by atoms with Crippen molar-refractivity contribution in [1.82, 2.24) is 10.3 Å². The predicted molar refractivity (Wildman–Crippen MR) is 153 cm³/mol. The van der Waals surface area contributed by atoms with Gasteiger partial charge in [-0.25, -0.2) is 4.98 Å². The number of unbranched alkanes of at least 4 members (excludes halogenated alkanes) is 1. The van der Waals surface area contributed by atoms with Crippen LogP contribution in [-0.2, 0) is 22.4 Å². The average molecular weight is 516 g/mol. The molecule has 1 aromatic carbocycles. The highest BCUT2D eigenvalue weighted by Crippen LogP contribution is 2.34. The fourth-order valence-corrected chi connectivity index (χ4v) is 6.03. The first-order valence-electron chi connectivity index (χ1n) is 14.6. The van der Waals surface area contributed by atoms with Crippen molar-refractivity contribution in [2.24, 2.45) is 10.9 Å². The molecule has 0 spiro atoms. The molecule has 5 rings (SSSR count). The zero-order chi connectivity index (χ0) is 26.3. The number of benzodiazepines with no additional fused rings is 1. The quantitative estimate of drug-likeness (QED) is 0.437. The highest BCUT2D eigenvalue weighted by molar-refractivity contribution is 6.14. The molecule has 3 heterocycles. The summed E-state index contributed by atoms with van der Waals surface area (Å²) in [4.78, 5) is 38.3. The highest BCUT2D eigenvalue weighted by Gasteiger charge is 2.34. The van der Waals surface area contributed by atoms with Crippen LogP contribution in [0.25, 0.3) is 0 Å². The van der Waals surface area contributed by atoms with Gasteiger partial charge in [-0.3, -0.25) is 14.6 Å². The molecule has 7 nitrogen and oxygen atoms in total. The molecular formula is C31H41N5O2. The third-order valence-electron chi connectivity index (χ3n) is 8.01. The van der Waals surface area contributed by atoms with E-state index in [1.54, 1.807) is 0 Å². The number of carbonyl (C=O) groups excluding carboxylic acids is 2. The van der Waals surface area contributed by atoms with E-state index in [-0.39, 0.29) is 11.8 Å². The fraction of sp³-hybridized carbons (Fsp3) is 0.548. The number of benzene rings is 1. The summed E-state index contributed by atoms with van der Waals surface area (Å²) in [6.07, 6.45) is 10.8. The monoisotopic (exact) mass is 515 g/mol. The Balaban J connectivity index is 1.25. The maximum Gasteiger partial charge on any atom is 0.272 e. The summed E-state index contributed by atoms with van der Waals surface area (Å²) in [6, 6.07) is 12.4. The van der Waals surface area contributed by atoms with Gasteiger partial charge in [0.05, 0.1) is 11.4 Å². The van der Waals surface area contributed by atoms with Gasteiger partial charge in [0.15, 0.2) is 0 Å². The molecule has 2 N–H and O–H groups in total. The van der Waals surface area contributed by atoms with E-state index in [2.05, 4.69) is 35.8 Å². The number of aliphatic imine (C=N–C) groups is 1. The summed E-state index contributed by atoms with van der Waals surface area (Å²) >= 11 is 0. The summed E-state index contributed by atoms with van der Waals surface area (Å²) in [5.41, 5.74) is 5.31. The van der Waals surface area contributed by atoms with Crippen LogP contribution in [0.5, 0.6) is 0 Å². The van der Waals surface area contributed by atoms with Crippen molar-refractivity contribution < 1.29 is 9.59 Å². The zero-order valence-corrected chi connectivity index (χ0v) is 22.7. The van der Waals surface area contributed by atoms with E-state index in [0.717, 1.165) is 86.4 Å². The Morgan fingerprint density at radius 2 is 1.92 bits per heavy atom. The Morgan fingerprint density at radius 1 is 1.08 bits per heavy atom. The Morgan fingerprint density at radius 3 is 2.76 bits per heavy atom. The summed E-state index contributed by atoms with van der Waals surface area (Å²) in [5, 5.41) is 6.39. The van der Waals surface area contributed by atoms with Crippen LogP contribution in [0.2, 0.25) is 0 Å². The predicted octanol–water partition coefficient (Wildman–Crippen LogP) is 5.42. The molecular weight excluding hydrogens is 474 g/mol. The molecule has 1 atom stereocenters. The van der Waals surface area contributed by atoms with Gasteiger partial charge in [-0.05, 0) is 69.1 Å². The van der Waals surface area contributed by atoms with E-state index in [9.17, 15) is 9.59 Å². The fourth-order valence-electron chi connectivity index (χ4n) is 6.03. The van der Waals surface area contributed by atoms with Crippen molar-refractivity contribution in [1.29, 1.82) is 0 Å². The van der Waals surface area contributed by atoms with E-state index in [0.29, 0.717) is 18.9 Å². The van der Waals surface area contributed by atoms with Gasteiger partial charge >= 0.3 is 0 Å². The van der Waals surface area contributed by atoms with Crippen molar-refractivity contribution in [3.63, 3.8) is 0 Å². The van der Waals surface area contributed by atoms with Gasteiger partial charge in [0.2, 0.25) is 12.1 Å². The molecule has 38 heavy (non-hydrogen) atoms. The molecule has 1 saturated carbocycles. The lowest BCUT2D eigenvalue weighted by Gasteiger charge is -2.26. The van der Waals surface area contributed by atoms with Crippen LogP contribution in [0.15, 0.2) is 41.4 Å². The van der Waals surface area contributed by atoms with Gasteiger partial charge in [0, 0.05) is 36.7 Å². The van der Waals surface area contributed by atoms with Crippen LogP contribution in [0, 0.1) is 5.92 Å². The molecule has 1 fully saturated rings. The van der Waals surface area contributed by atoms with Crippen molar-refractivity contribution in [3.8, 4) is 0 Å². The number of nitrogens with one attached hydrogen (secondary N) is 2. The van der Waals surface area contributed by atoms with Crippen molar-refractivity contribution in [3.05, 3.63) is 53.2 Å². The zero-order valence-electron chi connectivity index (χ0n) is 22.7. The Bertz CT molecular complexity index is 1170. The first-order chi connectivity index (χ1) is 18.6. The van der Waals surface area contributed by atoms with Crippen LogP contribution in [0.3, 0.4) is 0 Å². The summed E-state index contributed by atoms with van der Waals surface area (Å²) in [7, 11) is 0. The summed E-state index contributed by atoms with van der Waals surface area (Å²) < 4.78 is 0. The van der Waals surface area contributed by atoms with Gasteiger partial charge in [-0.1, -0.05) is 50.5 Å². The van der Waals surface area contributed by atoms with E-state index in [4.69, 9.17) is 9.98 Å². The van der Waals surface area contributed by atoms with Gasteiger partial charge < -0.3 is 15.5 Å². The number of nitrogens with zero attached hydrogens (tertiary/aromatic N) is 3. The van der Waals surface area contributed by atoms with Crippen molar-refractivity contribution in [2.75, 3.05) is 23.3 Å². The number of para-hydroxylation sites is 1. The van der Waals surface area contributed by atoms with Crippen LogP contribution in [0.4, 0.5) is 11.5 Å².